The van der Waals surface area contributed by atoms with Crippen molar-refractivity contribution in [3.63, 3.8) is 0 Å². The van der Waals surface area contributed by atoms with Gasteiger partial charge in [0.1, 0.15) is 17.7 Å². The Morgan fingerprint density at radius 2 is 2.15 bits per heavy atom. The Morgan fingerprint density at radius 3 is 2.90 bits per heavy atom. The van der Waals surface area contributed by atoms with Gasteiger partial charge in [-0.15, -0.1) is 0 Å². The minimum atomic E-state index is 0.321. The molecule has 1 aromatic heterocycles. The molecule has 1 heterocycles. The van der Waals surface area contributed by atoms with Crippen LogP contribution >= 0.6 is 0 Å². The molecule has 0 aliphatic heterocycles. The molecule has 0 radical (unpaired) electrons. The van der Waals surface area contributed by atoms with E-state index in [1.54, 1.807) is 0 Å². The molecule has 4 nitrogen and oxygen atoms in total. The van der Waals surface area contributed by atoms with Gasteiger partial charge in [0.15, 0.2) is 0 Å². The van der Waals surface area contributed by atoms with E-state index in [1.807, 2.05) is 13.0 Å². The van der Waals surface area contributed by atoms with Crippen molar-refractivity contribution in [3.05, 3.63) is 11.9 Å². The van der Waals surface area contributed by atoms with E-state index >= 15 is 0 Å². The summed E-state index contributed by atoms with van der Waals surface area (Å²) in [4.78, 5) is 8.81. The Labute approximate surface area is 122 Å². The predicted octanol–water partition coefficient (Wildman–Crippen LogP) is 3.95. The van der Waals surface area contributed by atoms with E-state index in [2.05, 4.69) is 29.1 Å². The lowest BCUT2D eigenvalue weighted by Crippen LogP contribution is -2.25. The third-order valence-corrected chi connectivity index (χ3v) is 3.97. The molecule has 1 aliphatic rings. The molecule has 2 rings (SSSR count). The van der Waals surface area contributed by atoms with E-state index in [0.717, 1.165) is 49.2 Å². The van der Waals surface area contributed by atoms with Gasteiger partial charge in [-0.2, -0.15) is 4.98 Å². The molecule has 20 heavy (non-hydrogen) atoms. The fourth-order valence-electron chi connectivity index (χ4n) is 2.83. The zero-order valence-corrected chi connectivity index (χ0v) is 13.0. The molecule has 1 aromatic rings. The molecule has 1 aliphatic carbocycles. The molecule has 2 unspecified atom stereocenters. The van der Waals surface area contributed by atoms with Gasteiger partial charge in [0, 0.05) is 12.6 Å². The van der Waals surface area contributed by atoms with E-state index in [4.69, 9.17) is 4.74 Å². The van der Waals surface area contributed by atoms with Crippen molar-refractivity contribution in [2.75, 3.05) is 11.9 Å². The Bertz CT molecular complexity index is 422. The molecule has 0 bridgehead atoms. The van der Waals surface area contributed by atoms with E-state index in [1.165, 1.54) is 19.3 Å². The SMILES string of the molecule is CCCNc1cc(OC2CCCC(CC)C2)nc(C)n1. The fourth-order valence-corrected chi connectivity index (χ4v) is 2.83. The summed E-state index contributed by atoms with van der Waals surface area (Å²) in [5.74, 6) is 3.17. The molecular formula is C16H27N3O. The minimum Gasteiger partial charge on any atom is -0.474 e. The highest BCUT2D eigenvalue weighted by Gasteiger charge is 2.22. The Hall–Kier alpha value is -1.32. The smallest absolute Gasteiger partial charge is 0.218 e. The van der Waals surface area contributed by atoms with Crippen LogP contribution in [0.15, 0.2) is 6.07 Å². The Morgan fingerprint density at radius 1 is 1.30 bits per heavy atom. The second-order valence-corrected chi connectivity index (χ2v) is 5.75. The Kier molecular flexibility index (Phi) is 5.62. The van der Waals surface area contributed by atoms with E-state index < -0.39 is 0 Å². The van der Waals surface area contributed by atoms with Gasteiger partial charge in [-0.05, 0) is 38.5 Å². The van der Waals surface area contributed by atoms with E-state index in [0.29, 0.717) is 6.10 Å². The van der Waals surface area contributed by atoms with Crippen molar-refractivity contribution in [3.8, 4) is 5.88 Å². The van der Waals surface area contributed by atoms with Crippen LogP contribution in [0.2, 0.25) is 0 Å². The maximum absolute atomic E-state index is 6.10. The van der Waals surface area contributed by atoms with Crippen LogP contribution in [0.1, 0.15) is 58.2 Å². The topological polar surface area (TPSA) is 47.0 Å². The molecule has 0 amide bonds. The Balaban J connectivity index is 1.99. The van der Waals surface area contributed by atoms with Crippen LogP contribution in [-0.2, 0) is 0 Å². The minimum absolute atomic E-state index is 0.321. The van der Waals surface area contributed by atoms with Crippen LogP contribution in [0.3, 0.4) is 0 Å². The fraction of sp³-hybridized carbons (Fsp3) is 0.750. The summed E-state index contributed by atoms with van der Waals surface area (Å²) in [6.45, 7) is 7.26. The number of aryl methyl sites for hydroxylation is 1. The first kappa shape index (κ1) is 15.1. The summed E-state index contributed by atoms with van der Waals surface area (Å²) in [5.41, 5.74) is 0. The number of hydrogen-bond donors (Lipinski definition) is 1. The molecule has 2 atom stereocenters. The van der Waals surface area contributed by atoms with E-state index in [9.17, 15) is 0 Å². The van der Waals surface area contributed by atoms with Gasteiger partial charge in [-0.3, -0.25) is 0 Å². The second-order valence-electron chi connectivity index (χ2n) is 5.75. The monoisotopic (exact) mass is 277 g/mol. The summed E-state index contributed by atoms with van der Waals surface area (Å²) in [6.07, 6.45) is 7.60. The lowest BCUT2D eigenvalue weighted by atomic mass is 9.85. The number of anilines is 1. The van der Waals surface area contributed by atoms with Gasteiger partial charge >= 0.3 is 0 Å². The van der Waals surface area contributed by atoms with Crippen LogP contribution < -0.4 is 10.1 Å². The molecule has 1 fully saturated rings. The highest BCUT2D eigenvalue weighted by atomic mass is 16.5. The van der Waals surface area contributed by atoms with E-state index in [-0.39, 0.29) is 0 Å². The molecule has 0 saturated heterocycles. The number of ether oxygens (including phenoxy) is 1. The second kappa shape index (κ2) is 7.46. The largest absolute Gasteiger partial charge is 0.474 e. The van der Waals surface area contributed by atoms with Crippen LogP contribution in [0.25, 0.3) is 0 Å². The van der Waals surface area contributed by atoms with Gasteiger partial charge in [-0.25, -0.2) is 4.98 Å². The lowest BCUT2D eigenvalue weighted by Gasteiger charge is -2.28. The zero-order valence-electron chi connectivity index (χ0n) is 13.0. The van der Waals surface area contributed by atoms with Gasteiger partial charge < -0.3 is 10.1 Å². The first-order valence-electron chi connectivity index (χ1n) is 7.97. The van der Waals surface area contributed by atoms with Crippen molar-refractivity contribution in [2.45, 2.75) is 65.4 Å². The summed E-state index contributed by atoms with van der Waals surface area (Å²) < 4.78 is 6.10. The third kappa shape index (κ3) is 4.36. The molecule has 0 aromatic carbocycles. The normalized spacial score (nSPS) is 22.6. The van der Waals surface area contributed by atoms with Gasteiger partial charge in [-0.1, -0.05) is 26.7 Å². The van der Waals surface area contributed by atoms with Crippen LogP contribution in [-0.4, -0.2) is 22.6 Å². The summed E-state index contributed by atoms with van der Waals surface area (Å²) in [5, 5.41) is 3.30. The molecule has 1 saturated carbocycles. The maximum atomic E-state index is 6.10. The molecular weight excluding hydrogens is 250 g/mol. The lowest BCUT2D eigenvalue weighted by molar-refractivity contribution is 0.117. The number of aromatic nitrogens is 2. The van der Waals surface area contributed by atoms with Crippen LogP contribution in [0.4, 0.5) is 5.82 Å². The predicted molar refractivity (Wildman–Crippen MR) is 82.2 cm³/mol. The highest BCUT2D eigenvalue weighted by molar-refractivity contribution is 5.38. The molecule has 112 valence electrons. The number of nitrogens with zero attached hydrogens (tertiary/aromatic N) is 2. The quantitative estimate of drug-likeness (QED) is 0.855. The maximum Gasteiger partial charge on any atom is 0.218 e. The molecule has 0 spiro atoms. The number of rotatable bonds is 6. The van der Waals surface area contributed by atoms with Crippen molar-refractivity contribution in [1.29, 1.82) is 0 Å². The highest BCUT2D eigenvalue weighted by Crippen LogP contribution is 2.29. The van der Waals surface area contributed by atoms with Gasteiger partial charge in [0.2, 0.25) is 5.88 Å². The van der Waals surface area contributed by atoms with Crippen molar-refractivity contribution in [2.24, 2.45) is 5.92 Å². The van der Waals surface area contributed by atoms with Crippen LogP contribution in [0.5, 0.6) is 5.88 Å². The molecule has 4 heteroatoms. The van der Waals surface area contributed by atoms with Crippen molar-refractivity contribution >= 4 is 5.82 Å². The third-order valence-electron chi connectivity index (χ3n) is 3.97. The summed E-state index contributed by atoms with van der Waals surface area (Å²) in [7, 11) is 0. The van der Waals surface area contributed by atoms with Gasteiger partial charge in [0.25, 0.3) is 0 Å². The van der Waals surface area contributed by atoms with Crippen molar-refractivity contribution in [1.82, 2.24) is 9.97 Å². The average Bonchev–Trinajstić information content (AvgIpc) is 2.44. The number of nitrogens with one attached hydrogen (secondary N) is 1. The average molecular weight is 277 g/mol. The van der Waals surface area contributed by atoms with Gasteiger partial charge in [0.05, 0.1) is 0 Å². The summed E-state index contributed by atoms with van der Waals surface area (Å²) in [6, 6.07) is 1.93. The summed E-state index contributed by atoms with van der Waals surface area (Å²) >= 11 is 0. The zero-order chi connectivity index (χ0) is 14.4. The van der Waals surface area contributed by atoms with Crippen LogP contribution in [0, 0.1) is 12.8 Å². The standard InChI is InChI=1S/C16H27N3O/c1-4-9-17-15-11-16(19-12(3)18-15)20-14-8-6-7-13(5-2)10-14/h11,13-14H,4-10H2,1-3H3,(H,17,18,19). The first-order valence-corrected chi connectivity index (χ1v) is 7.97. The first-order chi connectivity index (χ1) is 9.71. The number of hydrogen-bond acceptors (Lipinski definition) is 4. The van der Waals surface area contributed by atoms with Crippen molar-refractivity contribution < 1.29 is 4.74 Å². The molecule has 1 N–H and O–H groups in total.